The van der Waals surface area contributed by atoms with Crippen LogP contribution >= 0.6 is 0 Å². The van der Waals surface area contributed by atoms with Gasteiger partial charge >= 0.3 is 0 Å². The van der Waals surface area contributed by atoms with Gasteiger partial charge in [0.05, 0.1) is 18.4 Å². The lowest BCUT2D eigenvalue weighted by molar-refractivity contribution is -0.135. The van der Waals surface area contributed by atoms with Gasteiger partial charge in [-0.15, -0.1) is 0 Å². The van der Waals surface area contributed by atoms with Crippen LogP contribution in [-0.2, 0) is 17.8 Å². The van der Waals surface area contributed by atoms with Gasteiger partial charge in [-0.1, -0.05) is 13.8 Å². The molecule has 0 fully saturated rings. The Morgan fingerprint density at radius 2 is 2.43 bits per heavy atom. The number of aromatic nitrogens is 2. The van der Waals surface area contributed by atoms with E-state index in [4.69, 9.17) is 0 Å². The first kappa shape index (κ1) is 9.24. The zero-order chi connectivity index (χ0) is 10.1. The van der Waals surface area contributed by atoms with E-state index in [1.165, 1.54) is 5.56 Å². The molecular formula is C10H15N3O. The second-order valence-corrected chi connectivity index (χ2v) is 4.04. The van der Waals surface area contributed by atoms with Crippen LogP contribution in [0.15, 0.2) is 6.20 Å². The molecular weight excluding hydrogens is 178 g/mol. The molecule has 0 aliphatic carbocycles. The van der Waals surface area contributed by atoms with Crippen LogP contribution in [0.1, 0.15) is 25.1 Å². The molecule has 0 unspecified atom stereocenters. The Labute approximate surface area is 83.3 Å². The molecule has 0 radical (unpaired) electrons. The highest BCUT2D eigenvalue weighted by molar-refractivity contribution is 5.78. The summed E-state index contributed by atoms with van der Waals surface area (Å²) in [6.45, 7) is 5.38. The zero-order valence-electron chi connectivity index (χ0n) is 8.58. The van der Waals surface area contributed by atoms with Crippen LogP contribution in [0.25, 0.3) is 0 Å². The monoisotopic (exact) mass is 193 g/mol. The fraction of sp³-hybridized carbons (Fsp3) is 0.600. The number of H-pyrrole nitrogens is 1. The largest absolute Gasteiger partial charge is 0.336 e. The van der Waals surface area contributed by atoms with Crippen LogP contribution in [-0.4, -0.2) is 27.5 Å². The van der Waals surface area contributed by atoms with E-state index in [-0.39, 0.29) is 11.8 Å². The molecule has 1 aliphatic heterocycles. The SMILES string of the molecule is CC(C)C(=O)N1CCc2cn[nH]c2C1. The Bertz CT molecular complexity index is 343. The quantitative estimate of drug-likeness (QED) is 0.722. The summed E-state index contributed by atoms with van der Waals surface area (Å²) in [6, 6.07) is 0. The van der Waals surface area contributed by atoms with E-state index < -0.39 is 0 Å². The highest BCUT2D eigenvalue weighted by Gasteiger charge is 2.23. The van der Waals surface area contributed by atoms with E-state index in [0.29, 0.717) is 6.54 Å². The molecule has 14 heavy (non-hydrogen) atoms. The number of carbonyl (C=O) groups is 1. The average Bonchev–Trinajstić information content (AvgIpc) is 2.62. The summed E-state index contributed by atoms with van der Waals surface area (Å²) in [5.41, 5.74) is 2.34. The first-order valence-electron chi connectivity index (χ1n) is 4.98. The number of carbonyl (C=O) groups excluding carboxylic acids is 1. The van der Waals surface area contributed by atoms with E-state index in [2.05, 4.69) is 10.2 Å². The molecule has 0 bridgehead atoms. The van der Waals surface area contributed by atoms with Gasteiger partial charge in [0.1, 0.15) is 0 Å². The van der Waals surface area contributed by atoms with Crippen molar-refractivity contribution >= 4 is 5.91 Å². The summed E-state index contributed by atoms with van der Waals surface area (Å²) in [6.07, 6.45) is 2.77. The predicted octanol–water partition coefficient (Wildman–Crippen LogP) is 0.950. The molecule has 0 spiro atoms. The normalized spacial score (nSPS) is 15.8. The molecule has 0 saturated carbocycles. The Morgan fingerprint density at radius 3 is 3.14 bits per heavy atom. The molecule has 1 aromatic rings. The lowest BCUT2D eigenvalue weighted by atomic mass is 10.1. The Hall–Kier alpha value is -1.32. The van der Waals surface area contributed by atoms with Crippen molar-refractivity contribution < 1.29 is 4.79 Å². The standard InChI is InChI=1S/C10H15N3O/c1-7(2)10(14)13-4-3-8-5-11-12-9(8)6-13/h5,7H,3-4,6H2,1-2H3,(H,11,12). The van der Waals surface area contributed by atoms with E-state index in [9.17, 15) is 4.79 Å². The Kier molecular flexibility index (Phi) is 2.27. The molecule has 1 N–H and O–H groups in total. The van der Waals surface area contributed by atoms with Gasteiger partial charge in [0.15, 0.2) is 0 Å². The molecule has 0 atom stereocenters. The van der Waals surface area contributed by atoms with Crippen LogP contribution < -0.4 is 0 Å². The van der Waals surface area contributed by atoms with Crippen LogP contribution in [0.5, 0.6) is 0 Å². The minimum Gasteiger partial charge on any atom is -0.336 e. The fourth-order valence-corrected chi connectivity index (χ4v) is 1.77. The number of aromatic amines is 1. The van der Waals surface area contributed by atoms with Crippen molar-refractivity contribution in [2.75, 3.05) is 6.54 Å². The molecule has 1 amide bonds. The van der Waals surface area contributed by atoms with Gasteiger partial charge in [-0.05, 0) is 12.0 Å². The highest BCUT2D eigenvalue weighted by atomic mass is 16.2. The topological polar surface area (TPSA) is 49.0 Å². The second kappa shape index (κ2) is 3.44. The summed E-state index contributed by atoms with van der Waals surface area (Å²) in [7, 11) is 0. The lowest BCUT2D eigenvalue weighted by Gasteiger charge is -2.27. The van der Waals surface area contributed by atoms with Gasteiger partial charge in [0, 0.05) is 12.5 Å². The molecule has 0 saturated heterocycles. The van der Waals surface area contributed by atoms with Crippen LogP contribution in [0, 0.1) is 5.92 Å². The molecule has 1 aliphatic rings. The van der Waals surface area contributed by atoms with Crippen molar-refractivity contribution in [3.63, 3.8) is 0 Å². The van der Waals surface area contributed by atoms with E-state index in [1.807, 2.05) is 24.9 Å². The van der Waals surface area contributed by atoms with Crippen LogP contribution in [0.3, 0.4) is 0 Å². The van der Waals surface area contributed by atoms with Crippen molar-refractivity contribution in [2.24, 2.45) is 5.92 Å². The maximum absolute atomic E-state index is 11.7. The van der Waals surface area contributed by atoms with Gasteiger partial charge < -0.3 is 4.90 Å². The van der Waals surface area contributed by atoms with E-state index in [1.54, 1.807) is 0 Å². The van der Waals surface area contributed by atoms with Gasteiger partial charge in [-0.2, -0.15) is 5.10 Å². The third kappa shape index (κ3) is 1.52. The summed E-state index contributed by atoms with van der Waals surface area (Å²) in [4.78, 5) is 13.6. The summed E-state index contributed by atoms with van der Waals surface area (Å²) < 4.78 is 0. The summed E-state index contributed by atoms with van der Waals surface area (Å²) >= 11 is 0. The zero-order valence-corrected chi connectivity index (χ0v) is 8.58. The molecule has 0 aromatic carbocycles. The van der Waals surface area contributed by atoms with Crippen LogP contribution in [0.4, 0.5) is 0 Å². The number of nitrogens with zero attached hydrogens (tertiary/aromatic N) is 2. The minimum absolute atomic E-state index is 0.0828. The predicted molar refractivity (Wildman–Crippen MR) is 52.5 cm³/mol. The van der Waals surface area contributed by atoms with E-state index >= 15 is 0 Å². The minimum atomic E-state index is 0.0828. The molecule has 4 nitrogen and oxygen atoms in total. The number of hydrogen-bond donors (Lipinski definition) is 1. The van der Waals surface area contributed by atoms with Crippen LogP contribution in [0.2, 0.25) is 0 Å². The van der Waals surface area contributed by atoms with Crippen molar-refractivity contribution in [3.05, 3.63) is 17.5 Å². The average molecular weight is 193 g/mol. The second-order valence-electron chi connectivity index (χ2n) is 4.04. The fourth-order valence-electron chi connectivity index (χ4n) is 1.77. The van der Waals surface area contributed by atoms with Crippen molar-refractivity contribution in [2.45, 2.75) is 26.8 Å². The van der Waals surface area contributed by atoms with Crippen molar-refractivity contribution in [1.29, 1.82) is 0 Å². The maximum Gasteiger partial charge on any atom is 0.225 e. The number of rotatable bonds is 1. The molecule has 1 aromatic heterocycles. The molecule has 4 heteroatoms. The third-order valence-corrected chi connectivity index (χ3v) is 2.61. The number of nitrogens with one attached hydrogen (secondary N) is 1. The highest BCUT2D eigenvalue weighted by Crippen LogP contribution is 2.17. The molecule has 2 heterocycles. The molecule has 2 rings (SSSR count). The first-order valence-corrected chi connectivity index (χ1v) is 4.98. The first-order chi connectivity index (χ1) is 6.68. The number of fused-ring (bicyclic) bond motifs is 1. The van der Waals surface area contributed by atoms with Gasteiger partial charge in [-0.3, -0.25) is 9.89 Å². The van der Waals surface area contributed by atoms with Crippen molar-refractivity contribution in [1.82, 2.24) is 15.1 Å². The molecule has 76 valence electrons. The summed E-state index contributed by atoms with van der Waals surface area (Å²) in [5.74, 6) is 0.310. The van der Waals surface area contributed by atoms with Gasteiger partial charge in [0.2, 0.25) is 5.91 Å². The van der Waals surface area contributed by atoms with Gasteiger partial charge in [-0.25, -0.2) is 0 Å². The van der Waals surface area contributed by atoms with Gasteiger partial charge in [0.25, 0.3) is 0 Å². The number of amides is 1. The summed E-state index contributed by atoms with van der Waals surface area (Å²) in [5, 5.41) is 6.92. The Morgan fingerprint density at radius 1 is 1.64 bits per heavy atom. The van der Waals surface area contributed by atoms with Crippen molar-refractivity contribution in [3.8, 4) is 0 Å². The lowest BCUT2D eigenvalue weighted by Crippen LogP contribution is -2.38. The Balaban J connectivity index is 2.11. The smallest absolute Gasteiger partial charge is 0.225 e. The maximum atomic E-state index is 11.7. The third-order valence-electron chi connectivity index (χ3n) is 2.61. The number of hydrogen-bond acceptors (Lipinski definition) is 2. The van der Waals surface area contributed by atoms with E-state index in [0.717, 1.165) is 18.7 Å².